The lowest BCUT2D eigenvalue weighted by atomic mass is 10.0. The number of ether oxygens (including phenoxy) is 1. The first-order valence-electron chi connectivity index (χ1n) is 8.38. The molecule has 1 N–H and O–H groups in total. The number of nitrogens with zero attached hydrogens (tertiary/aromatic N) is 5. The molecule has 0 unspecified atom stereocenters. The van der Waals surface area contributed by atoms with Crippen LogP contribution in [-0.2, 0) is 13.0 Å². The predicted octanol–water partition coefficient (Wildman–Crippen LogP) is 1.75. The predicted molar refractivity (Wildman–Crippen MR) is 89.6 cm³/mol. The number of fused-ring (bicyclic) bond motifs is 1. The van der Waals surface area contributed by atoms with Gasteiger partial charge >= 0.3 is 0 Å². The van der Waals surface area contributed by atoms with Crippen molar-refractivity contribution < 1.29 is 9.26 Å². The van der Waals surface area contributed by atoms with Crippen molar-refractivity contribution in [1.82, 2.24) is 30.7 Å². The van der Waals surface area contributed by atoms with Gasteiger partial charge in [-0.05, 0) is 48.7 Å². The molecular formula is C17H20N6O2. The molecule has 1 aliphatic rings. The minimum Gasteiger partial charge on any atom is -0.489 e. The lowest BCUT2D eigenvalue weighted by molar-refractivity contribution is 0.170. The van der Waals surface area contributed by atoms with Crippen molar-refractivity contribution >= 4 is 0 Å². The van der Waals surface area contributed by atoms with Crippen LogP contribution in [0.15, 0.2) is 28.8 Å². The van der Waals surface area contributed by atoms with Crippen LogP contribution < -0.4 is 10.1 Å². The van der Waals surface area contributed by atoms with Crippen LogP contribution in [0.2, 0.25) is 0 Å². The fraction of sp³-hybridized carbons (Fsp3) is 0.412. The van der Waals surface area contributed by atoms with E-state index in [1.807, 2.05) is 32.0 Å². The number of hydrogen-bond donors (Lipinski definition) is 1. The Balaban J connectivity index is 1.37. The van der Waals surface area contributed by atoms with Gasteiger partial charge in [0.15, 0.2) is 5.82 Å². The van der Waals surface area contributed by atoms with Crippen LogP contribution in [0.25, 0.3) is 5.88 Å². The van der Waals surface area contributed by atoms with E-state index in [9.17, 15) is 0 Å². The summed E-state index contributed by atoms with van der Waals surface area (Å²) in [6.45, 7) is 5.08. The summed E-state index contributed by atoms with van der Waals surface area (Å²) in [5.41, 5.74) is 3.04. The molecule has 3 heterocycles. The number of aromatic nitrogens is 5. The highest BCUT2D eigenvalue weighted by Crippen LogP contribution is 2.26. The molecular weight excluding hydrogens is 320 g/mol. The first-order chi connectivity index (χ1) is 12.2. The van der Waals surface area contributed by atoms with E-state index in [-0.39, 0.29) is 6.10 Å². The molecule has 0 amide bonds. The molecule has 8 nitrogen and oxygen atoms in total. The summed E-state index contributed by atoms with van der Waals surface area (Å²) in [5.74, 6) is 2.22. The number of aryl methyl sites for hydroxylation is 2. The zero-order chi connectivity index (χ0) is 17.2. The van der Waals surface area contributed by atoms with Crippen molar-refractivity contribution in [3.05, 3.63) is 46.9 Å². The second-order valence-electron chi connectivity index (χ2n) is 6.22. The van der Waals surface area contributed by atoms with Gasteiger partial charge in [-0.25, -0.2) is 0 Å². The van der Waals surface area contributed by atoms with E-state index < -0.39 is 0 Å². The topological polar surface area (TPSA) is 90.9 Å². The Morgan fingerprint density at radius 1 is 1.28 bits per heavy atom. The Morgan fingerprint density at radius 2 is 2.16 bits per heavy atom. The molecule has 0 saturated heterocycles. The summed E-state index contributed by atoms with van der Waals surface area (Å²) in [5, 5.41) is 19.2. The second-order valence-corrected chi connectivity index (χ2v) is 6.22. The molecule has 0 saturated carbocycles. The van der Waals surface area contributed by atoms with Crippen LogP contribution >= 0.6 is 0 Å². The zero-order valence-electron chi connectivity index (χ0n) is 14.3. The van der Waals surface area contributed by atoms with E-state index >= 15 is 0 Å². The van der Waals surface area contributed by atoms with Crippen LogP contribution in [0, 0.1) is 13.8 Å². The van der Waals surface area contributed by atoms with Crippen molar-refractivity contribution in [3.8, 4) is 11.6 Å². The van der Waals surface area contributed by atoms with Crippen molar-refractivity contribution in [3.63, 3.8) is 0 Å². The van der Waals surface area contributed by atoms with Crippen molar-refractivity contribution in [2.45, 2.75) is 39.3 Å². The van der Waals surface area contributed by atoms with E-state index in [1.165, 1.54) is 5.56 Å². The average Bonchev–Trinajstić information content (AvgIpc) is 3.22. The molecule has 130 valence electrons. The maximum absolute atomic E-state index is 6.04. The lowest BCUT2D eigenvalue weighted by Crippen LogP contribution is -2.34. The van der Waals surface area contributed by atoms with Crippen LogP contribution in [0.4, 0.5) is 0 Å². The smallest absolute Gasteiger partial charge is 0.257 e. The summed E-state index contributed by atoms with van der Waals surface area (Å²) >= 11 is 0. The van der Waals surface area contributed by atoms with Crippen LogP contribution in [0.5, 0.6) is 5.75 Å². The van der Waals surface area contributed by atoms with Crippen LogP contribution in [0.3, 0.4) is 0 Å². The second kappa shape index (κ2) is 6.64. The summed E-state index contributed by atoms with van der Waals surface area (Å²) in [4.78, 5) is 0. The number of hydrogen-bond acceptors (Lipinski definition) is 7. The Labute approximate surface area is 145 Å². The minimum absolute atomic E-state index is 0.147. The first kappa shape index (κ1) is 15.8. The Bertz CT molecular complexity index is 872. The van der Waals surface area contributed by atoms with E-state index in [4.69, 9.17) is 9.26 Å². The SMILES string of the molecule is Cc1noc(-n2nnnc2CNC[C@H]2CCc3ccccc3O2)c1C. The molecule has 3 aromatic rings. The number of rotatable bonds is 5. The Kier molecular flexibility index (Phi) is 4.19. The Morgan fingerprint density at radius 3 is 3.00 bits per heavy atom. The molecule has 0 bridgehead atoms. The number of benzene rings is 1. The summed E-state index contributed by atoms with van der Waals surface area (Å²) < 4.78 is 13.0. The highest BCUT2D eigenvalue weighted by Gasteiger charge is 2.20. The van der Waals surface area contributed by atoms with Gasteiger partial charge in [0.2, 0.25) is 0 Å². The summed E-state index contributed by atoms with van der Waals surface area (Å²) in [6.07, 6.45) is 2.18. The highest BCUT2D eigenvalue weighted by atomic mass is 16.5. The van der Waals surface area contributed by atoms with E-state index in [0.717, 1.165) is 36.4 Å². The van der Waals surface area contributed by atoms with Gasteiger partial charge in [-0.2, -0.15) is 4.68 Å². The average molecular weight is 340 g/mol. The molecule has 1 atom stereocenters. The quantitative estimate of drug-likeness (QED) is 0.756. The summed E-state index contributed by atoms with van der Waals surface area (Å²) in [7, 11) is 0. The van der Waals surface area contributed by atoms with Gasteiger partial charge in [-0.1, -0.05) is 23.4 Å². The third-order valence-electron chi connectivity index (χ3n) is 4.52. The normalized spacial score (nSPS) is 16.5. The molecule has 2 aromatic heterocycles. The molecule has 0 spiro atoms. The van der Waals surface area contributed by atoms with Crippen molar-refractivity contribution in [1.29, 1.82) is 0 Å². The molecule has 0 radical (unpaired) electrons. The van der Waals surface area contributed by atoms with Gasteiger partial charge in [-0.15, -0.1) is 5.10 Å². The molecule has 4 rings (SSSR count). The van der Waals surface area contributed by atoms with Gasteiger partial charge < -0.3 is 14.6 Å². The maximum Gasteiger partial charge on any atom is 0.257 e. The molecule has 0 aliphatic carbocycles. The number of tetrazole rings is 1. The van der Waals surface area contributed by atoms with E-state index in [1.54, 1.807) is 4.68 Å². The minimum atomic E-state index is 0.147. The van der Waals surface area contributed by atoms with Crippen LogP contribution in [-0.4, -0.2) is 38.0 Å². The van der Waals surface area contributed by atoms with Gasteiger partial charge in [-0.3, -0.25) is 0 Å². The van der Waals surface area contributed by atoms with Crippen molar-refractivity contribution in [2.75, 3.05) is 6.54 Å². The van der Waals surface area contributed by atoms with Crippen molar-refractivity contribution in [2.24, 2.45) is 0 Å². The van der Waals surface area contributed by atoms with E-state index in [2.05, 4.69) is 32.1 Å². The van der Waals surface area contributed by atoms with E-state index in [0.29, 0.717) is 18.3 Å². The zero-order valence-corrected chi connectivity index (χ0v) is 14.3. The first-order valence-corrected chi connectivity index (χ1v) is 8.38. The van der Waals surface area contributed by atoms with Gasteiger partial charge in [0.1, 0.15) is 11.9 Å². The van der Waals surface area contributed by atoms with Gasteiger partial charge in [0.05, 0.1) is 12.2 Å². The Hall–Kier alpha value is -2.74. The standard InChI is InChI=1S/C17H20N6O2/c1-11-12(2)20-25-17(11)23-16(19-21-22-23)10-18-9-14-8-7-13-5-3-4-6-15(13)24-14/h3-6,14,18H,7-10H2,1-2H3/t14-/m1/s1. The third kappa shape index (κ3) is 3.12. The van der Waals surface area contributed by atoms with Crippen LogP contribution in [0.1, 0.15) is 29.1 Å². The molecule has 8 heteroatoms. The largest absolute Gasteiger partial charge is 0.489 e. The molecule has 25 heavy (non-hydrogen) atoms. The van der Waals surface area contributed by atoms with Gasteiger partial charge in [0, 0.05) is 12.1 Å². The monoisotopic (exact) mass is 340 g/mol. The molecule has 1 aliphatic heterocycles. The molecule has 1 aromatic carbocycles. The third-order valence-corrected chi connectivity index (χ3v) is 4.52. The number of nitrogens with one attached hydrogen (secondary N) is 1. The maximum atomic E-state index is 6.04. The molecule has 0 fully saturated rings. The highest BCUT2D eigenvalue weighted by molar-refractivity contribution is 5.35. The van der Waals surface area contributed by atoms with Gasteiger partial charge in [0.25, 0.3) is 5.88 Å². The fourth-order valence-electron chi connectivity index (χ4n) is 2.94. The lowest BCUT2D eigenvalue weighted by Gasteiger charge is -2.26. The summed E-state index contributed by atoms with van der Waals surface area (Å²) in [6, 6.07) is 8.20. The fourth-order valence-corrected chi connectivity index (χ4v) is 2.94. The number of para-hydroxylation sites is 1.